The highest BCUT2D eigenvalue weighted by Gasteiger charge is 2.25. The summed E-state index contributed by atoms with van der Waals surface area (Å²) in [4.78, 5) is 24.1. The van der Waals surface area contributed by atoms with Gasteiger partial charge in [-0.25, -0.2) is 4.79 Å². The first-order chi connectivity index (χ1) is 12.6. The molecule has 0 aromatic heterocycles. The van der Waals surface area contributed by atoms with Crippen LogP contribution in [-0.2, 0) is 6.61 Å². The second-order valence-electron chi connectivity index (χ2n) is 5.96. The first-order valence-electron chi connectivity index (χ1n) is 8.23. The fourth-order valence-electron chi connectivity index (χ4n) is 2.34. The van der Waals surface area contributed by atoms with E-state index in [2.05, 4.69) is 10.6 Å². The molecule has 1 aliphatic carbocycles. The number of carbonyl (C=O) groups is 2. The van der Waals surface area contributed by atoms with Gasteiger partial charge in [0.25, 0.3) is 5.91 Å². The number of hydrogen-bond donors (Lipinski definition) is 2. The molecule has 0 bridgehead atoms. The lowest BCUT2D eigenvalue weighted by Crippen LogP contribution is -2.40. The van der Waals surface area contributed by atoms with Crippen LogP contribution in [0.3, 0.4) is 0 Å². The summed E-state index contributed by atoms with van der Waals surface area (Å²) in [5.41, 5.74) is 1.11. The van der Waals surface area contributed by atoms with Crippen LogP contribution in [-0.4, -0.2) is 25.1 Å². The Hall–Kier alpha value is -2.73. The molecule has 0 aliphatic heterocycles. The fraction of sp³-hybridized carbons (Fsp3) is 0.263. The van der Waals surface area contributed by atoms with E-state index in [1.807, 2.05) is 30.3 Å². The number of benzene rings is 2. The zero-order valence-electron chi connectivity index (χ0n) is 14.3. The predicted octanol–water partition coefficient (Wildman–Crippen LogP) is 3.53. The summed E-state index contributed by atoms with van der Waals surface area (Å²) in [5.74, 6) is 0.179. The second-order valence-corrected chi connectivity index (χ2v) is 6.37. The van der Waals surface area contributed by atoms with Gasteiger partial charge < -0.3 is 14.8 Å². The minimum Gasteiger partial charge on any atom is -0.493 e. The van der Waals surface area contributed by atoms with Crippen molar-refractivity contribution in [2.45, 2.75) is 25.5 Å². The third-order valence-corrected chi connectivity index (χ3v) is 4.19. The average molecular weight is 375 g/mol. The van der Waals surface area contributed by atoms with Crippen LogP contribution in [0.4, 0.5) is 4.79 Å². The molecule has 6 nitrogen and oxygen atoms in total. The van der Waals surface area contributed by atoms with Gasteiger partial charge in [-0.2, -0.15) is 0 Å². The number of amides is 3. The van der Waals surface area contributed by atoms with Gasteiger partial charge in [-0.15, -0.1) is 0 Å². The molecule has 136 valence electrons. The van der Waals surface area contributed by atoms with Gasteiger partial charge in [0.1, 0.15) is 6.61 Å². The van der Waals surface area contributed by atoms with Gasteiger partial charge in [0.15, 0.2) is 11.5 Å². The van der Waals surface area contributed by atoms with Crippen molar-refractivity contribution < 1.29 is 19.1 Å². The maximum Gasteiger partial charge on any atom is 0.321 e. The number of imide groups is 1. The highest BCUT2D eigenvalue weighted by atomic mass is 35.5. The van der Waals surface area contributed by atoms with Crippen molar-refractivity contribution in [3.63, 3.8) is 0 Å². The molecule has 2 N–H and O–H groups in total. The van der Waals surface area contributed by atoms with Crippen molar-refractivity contribution in [1.82, 2.24) is 10.6 Å². The lowest BCUT2D eigenvalue weighted by molar-refractivity contribution is 0.0963. The van der Waals surface area contributed by atoms with E-state index in [1.54, 1.807) is 0 Å². The van der Waals surface area contributed by atoms with Gasteiger partial charge in [-0.05, 0) is 24.5 Å². The summed E-state index contributed by atoms with van der Waals surface area (Å²) in [5, 5.41) is 5.14. The summed E-state index contributed by atoms with van der Waals surface area (Å²) in [6.45, 7) is 0.308. The number of methoxy groups -OCH3 is 1. The topological polar surface area (TPSA) is 76.7 Å². The van der Waals surface area contributed by atoms with Crippen LogP contribution in [0, 0.1) is 0 Å². The molecule has 1 fully saturated rings. The van der Waals surface area contributed by atoms with E-state index in [4.69, 9.17) is 21.1 Å². The predicted molar refractivity (Wildman–Crippen MR) is 97.8 cm³/mol. The van der Waals surface area contributed by atoms with Crippen LogP contribution in [0.2, 0.25) is 5.02 Å². The number of urea groups is 1. The number of rotatable bonds is 6. The number of ether oxygens (including phenoxy) is 2. The first kappa shape index (κ1) is 18.1. The lowest BCUT2D eigenvalue weighted by Gasteiger charge is -2.14. The lowest BCUT2D eigenvalue weighted by atomic mass is 10.2. The number of carbonyl (C=O) groups excluding carboxylic acids is 2. The van der Waals surface area contributed by atoms with Crippen LogP contribution in [0.5, 0.6) is 11.5 Å². The summed E-state index contributed by atoms with van der Waals surface area (Å²) < 4.78 is 11.0. The summed E-state index contributed by atoms with van der Waals surface area (Å²) in [7, 11) is 1.49. The molecule has 0 spiro atoms. The van der Waals surface area contributed by atoms with E-state index in [-0.39, 0.29) is 16.6 Å². The van der Waals surface area contributed by atoms with Crippen molar-refractivity contribution in [1.29, 1.82) is 0 Å². The minimum atomic E-state index is -0.597. The van der Waals surface area contributed by atoms with Gasteiger partial charge >= 0.3 is 6.03 Å². The second kappa shape index (κ2) is 8.10. The molecule has 0 heterocycles. The quantitative estimate of drug-likeness (QED) is 0.811. The Morgan fingerprint density at radius 2 is 1.88 bits per heavy atom. The van der Waals surface area contributed by atoms with Crippen LogP contribution < -0.4 is 20.1 Å². The summed E-state index contributed by atoms with van der Waals surface area (Å²) in [6, 6.07) is 12.2. The number of hydrogen-bond acceptors (Lipinski definition) is 4. The first-order valence-corrected chi connectivity index (χ1v) is 8.60. The Bertz CT molecular complexity index is 807. The molecular weight excluding hydrogens is 356 g/mol. The molecule has 2 aromatic rings. The molecule has 1 aliphatic rings. The minimum absolute atomic E-state index is 0.140. The smallest absolute Gasteiger partial charge is 0.321 e. The molecular formula is C19H19ClN2O4. The molecule has 0 unspecified atom stereocenters. The largest absolute Gasteiger partial charge is 0.493 e. The van der Waals surface area contributed by atoms with Crippen LogP contribution in [0.25, 0.3) is 0 Å². The molecule has 7 heteroatoms. The molecule has 26 heavy (non-hydrogen) atoms. The zero-order chi connectivity index (χ0) is 18.5. The third kappa shape index (κ3) is 4.67. The standard InChI is InChI=1S/C19H19ClN2O4/c1-25-16-10-15(20)14(18(23)22-19(24)21-13-7-8-13)9-17(16)26-11-12-5-3-2-4-6-12/h2-6,9-10,13H,7-8,11H2,1H3,(H2,21,22,23,24). The molecule has 3 rings (SSSR count). The van der Waals surface area contributed by atoms with E-state index >= 15 is 0 Å². The maximum atomic E-state index is 12.4. The normalized spacial score (nSPS) is 13.0. The molecule has 1 saturated carbocycles. The Balaban J connectivity index is 1.74. The molecule has 0 saturated heterocycles. The van der Waals surface area contributed by atoms with Crippen molar-refractivity contribution in [3.8, 4) is 11.5 Å². The molecule has 3 amide bonds. The highest BCUT2D eigenvalue weighted by Crippen LogP contribution is 2.34. The average Bonchev–Trinajstić information content (AvgIpc) is 3.44. The SMILES string of the molecule is COc1cc(Cl)c(C(=O)NC(=O)NC2CC2)cc1OCc1ccccc1. The highest BCUT2D eigenvalue weighted by molar-refractivity contribution is 6.34. The van der Waals surface area contributed by atoms with E-state index in [0.29, 0.717) is 18.1 Å². The van der Waals surface area contributed by atoms with Crippen molar-refractivity contribution in [3.05, 3.63) is 58.6 Å². The van der Waals surface area contributed by atoms with Crippen LogP contribution in [0.1, 0.15) is 28.8 Å². The number of nitrogens with one attached hydrogen (secondary N) is 2. The van der Waals surface area contributed by atoms with Gasteiger partial charge in [-0.1, -0.05) is 41.9 Å². The fourth-order valence-corrected chi connectivity index (χ4v) is 2.58. The molecule has 0 radical (unpaired) electrons. The van der Waals surface area contributed by atoms with Crippen LogP contribution in [0.15, 0.2) is 42.5 Å². The van der Waals surface area contributed by atoms with Gasteiger partial charge in [0.2, 0.25) is 0 Å². The Labute approximate surface area is 156 Å². The van der Waals surface area contributed by atoms with E-state index in [1.165, 1.54) is 19.2 Å². The summed E-state index contributed by atoms with van der Waals surface area (Å²) in [6.07, 6.45) is 1.87. The third-order valence-electron chi connectivity index (χ3n) is 3.87. The monoisotopic (exact) mass is 374 g/mol. The van der Waals surface area contributed by atoms with E-state index in [0.717, 1.165) is 18.4 Å². The van der Waals surface area contributed by atoms with Crippen molar-refractivity contribution in [2.24, 2.45) is 0 Å². The van der Waals surface area contributed by atoms with Crippen LogP contribution >= 0.6 is 11.6 Å². The van der Waals surface area contributed by atoms with E-state index < -0.39 is 11.9 Å². The van der Waals surface area contributed by atoms with E-state index in [9.17, 15) is 9.59 Å². The Morgan fingerprint density at radius 1 is 1.15 bits per heavy atom. The molecule has 0 atom stereocenters. The van der Waals surface area contributed by atoms with Crippen molar-refractivity contribution >= 4 is 23.5 Å². The Kier molecular flexibility index (Phi) is 5.63. The van der Waals surface area contributed by atoms with Crippen molar-refractivity contribution in [2.75, 3.05) is 7.11 Å². The molecule has 2 aromatic carbocycles. The number of halogens is 1. The maximum absolute atomic E-state index is 12.4. The zero-order valence-corrected chi connectivity index (χ0v) is 15.0. The Morgan fingerprint density at radius 3 is 2.54 bits per heavy atom. The van der Waals surface area contributed by atoms with Gasteiger partial charge in [0.05, 0.1) is 17.7 Å². The summed E-state index contributed by atoms with van der Waals surface area (Å²) >= 11 is 6.17. The van der Waals surface area contributed by atoms with Gasteiger partial charge in [0, 0.05) is 12.1 Å². The van der Waals surface area contributed by atoms with Gasteiger partial charge in [-0.3, -0.25) is 10.1 Å².